The molecule has 3 heterocycles. The van der Waals surface area contributed by atoms with Gasteiger partial charge in [0.05, 0.1) is 31.9 Å². The first-order valence-electron chi connectivity index (χ1n) is 18.5. The van der Waals surface area contributed by atoms with Crippen LogP contribution >= 0.6 is 11.6 Å². The highest BCUT2D eigenvalue weighted by molar-refractivity contribution is 6.76. The van der Waals surface area contributed by atoms with Crippen molar-refractivity contribution in [2.24, 2.45) is 5.92 Å². The number of fused-ring (bicyclic) bond motifs is 5. The van der Waals surface area contributed by atoms with Crippen LogP contribution in [0.5, 0.6) is 5.75 Å². The Bertz CT molecular complexity index is 1610. The van der Waals surface area contributed by atoms with Crippen LogP contribution in [0.25, 0.3) is 0 Å². The monoisotopic (exact) mass is 792 g/mol. The van der Waals surface area contributed by atoms with Crippen molar-refractivity contribution in [3.63, 3.8) is 0 Å². The molecule has 1 aromatic rings. The first kappa shape index (κ1) is 43.3. The highest BCUT2D eigenvalue weighted by Gasteiger charge is 2.64. The van der Waals surface area contributed by atoms with Gasteiger partial charge in [-0.1, -0.05) is 62.0 Å². The van der Waals surface area contributed by atoms with E-state index < -0.39 is 67.7 Å². The summed E-state index contributed by atoms with van der Waals surface area (Å²) in [5.41, 5.74) is -0.774. The number of epoxide rings is 1. The van der Waals surface area contributed by atoms with E-state index in [1.165, 1.54) is 19.1 Å². The number of ether oxygens (including phenoxy) is 6. The summed E-state index contributed by atoms with van der Waals surface area (Å²) in [6.45, 7) is 12.5. The second-order valence-corrected chi connectivity index (χ2v) is 22.0. The summed E-state index contributed by atoms with van der Waals surface area (Å²) in [6.07, 6.45) is 2.29. The minimum Gasteiger partial charge on any atom is -0.495 e. The fourth-order valence-electron chi connectivity index (χ4n) is 6.90. The molecule has 15 heteroatoms. The number of alkyl carbamates (subject to hydrolysis) is 1. The summed E-state index contributed by atoms with van der Waals surface area (Å²) in [7, 11) is 3.20. The van der Waals surface area contributed by atoms with Gasteiger partial charge in [-0.05, 0) is 56.9 Å². The van der Waals surface area contributed by atoms with Crippen LogP contribution < -0.4 is 15.0 Å². The summed E-state index contributed by atoms with van der Waals surface area (Å²) < 4.78 is 34.5. The second kappa shape index (κ2) is 18.0. The molecule has 0 aliphatic carbocycles. The lowest BCUT2D eigenvalue weighted by Gasteiger charge is -2.42. The molecule has 0 saturated carbocycles. The number of aliphatic hydroxyl groups is 1. The molecule has 2 saturated heterocycles. The van der Waals surface area contributed by atoms with E-state index in [0.29, 0.717) is 37.3 Å². The number of methoxy groups -OCH3 is 2. The van der Waals surface area contributed by atoms with E-state index in [4.69, 9.17) is 40.0 Å². The average Bonchev–Trinajstić information content (AvgIpc) is 3.79. The van der Waals surface area contributed by atoms with Crippen molar-refractivity contribution in [3.8, 4) is 5.75 Å². The minimum absolute atomic E-state index is 0.0157. The lowest BCUT2D eigenvalue weighted by molar-refractivity contribution is -0.154. The van der Waals surface area contributed by atoms with E-state index in [0.717, 1.165) is 17.2 Å². The Morgan fingerprint density at radius 2 is 1.81 bits per heavy atom. The average molecular weight is 793 g/mol. The van der Waals surface area contributed by atoms with Crippen LogP contribution in [-0.2, 0) is 44.5 Å². The molecular formula is C39H57ClN2O11Si. The van der Waals surface area contributed by atoms with E-state index in [1.807, 2.05) is 26.0 Å². The number of hydrogen-bond acceptors (Lipinski definition) is 11. The first-order chi connectivity index (χ1) is 25.3. The van der Waals surface area contributed by atoms with Crippen LogP contribution in [0.2, 0.25) is 30.7 Å². The van der Waals surface area contributed by atoms with Crippen molar-refractivity contribution in [2.75, 3.05) is 32.8 Å². The molecule has 300 valence electrons. The summed E-state index contributed by atoms with van der Waals surface area (Å²) in [5, 5.41) is 14.5. The number of nitrogens with zero attached hydrogens (tertiary/aromatic N) is 1. The summed E-state index contributed by atoms with van der Waals surface area (Å²) in [4.78, 5) is 53.9. The molecule has 2 amide bonds. The van der Waals surface area contributed by atoms with E-state index in [2.05, 4.69) is 25.0 Å². The minimum atomic E-state index is -1.81. The second-order valence-electron chi connectivity index (χ2n) is 16.0. The van der Waals surface area contributed by atoms with Crippen molar-refractivity contribution in [3.05, 3.63) is 46.5 Å². The molecule has 1 aromatic carbocycles. The van der Waals surface area contributed by atoms with Crippen molar-refractivity contribution in [1.29, 1.82) is 0 Å². The molecule has 0 aromatic heterocycles. The van der Waals surface area contributed by atoms with Gasteiger partial charge < -0.3 is 38.4 Å². The Hall–Kier alpha value is -3.43. The predicted octanol–water partition coefficient (Wildman–Crippen LogP) is 6.11. The summed E-state index contributed by atoms with van der Waals surface area (Å²) in [6, 6.07) is 4.50. The van der Waals surface area contributed by atoms with Crippen LogP contribution in [0.15, 0.2) is 35.9 Å². The molecule has 54 heavy (non-hydrogen) atoms. The van der Waals surface area contributed by atoms with Crippen molar-refractivity contribution < 1.29 is 52.7 Å². The molecular weight excluding hydrogens is 736 g/mol. The molecule has 4 bridgehead atoms. The molecule has 3 aliphatic heterocycles. The number of rotatable bonds is 11. The zero-order valence-corrected chi connectivity index (χ0v) is 34.7. The van der Waals surface area contributed by atoms with Gasteiger partial charge in [-0.3, -0.25) is 19.7 Å². The Morgan fingerprint density at radius 3 is 2.46 bits per heavy atom. The van der Waals surface area contributed by atoms with E-state index in [-0.39, 0.29) is 36.7 Å². The summed E-state index contributed by atoms with van der Waals surface area (Å²) >= 11 is 6.75. The van der Waals surface area contributed by atoms with Crippen molar-refractivity contribution in [2.45, 2.75) is 127 Å². The third kappa shape index (κ3) is 11.1. The van der Waals surface area contributed by atoms with Gasteiger partial charge in [0.25, 0.3) is 0 Å². The largest absolute Gasteiger partial charge is 0.495 e. The van der Waals surface area contributed by atoms with Crippen LogP contribution in [-0.4, -0.2) is 101 Å². The van der Waals surface area contributed by atoms with Gasteiger partial charge in [-0.2, -0.15) is 0 Å². The number of benzene rings is 1. The van der Waals surface area contributed by atoms with E-state index in [1.54, 1.807) is 32.2 Å². The van der Waals surface area contributed by atoms with E-state index >= 15 is 0 Å². The number of hydrogen-bond donors (Lipinski definition) is 2. The molecule has 0 spiro atoms. The van der Waals surface area contributed by atoms with Crippen LogP contribution in [0.3, 0.4) is 0 Å². The molecule has 13 nitrogen and oxygen atoms in total. The topological polar surface area (TPSA) is 162 Å². The van der Waals surface area contributed by atoms with E-state index in [9.17, 15) is 24.3 Å². The van der Waals surface area contributed by atoms with Crippen molar-refractivity contribution in [1.82, 2.24) is 5.32 Å². The Kier molecular flexibility index (Phi) is 14.4. The van der Waals surface area contributed by atoms with Crippen molar-refractivity contribution >= 4 is 49.3 Å². The molecule has 7 atom stereocenters. The summed E-state index contributed by atoms with van der Waals surface area (Å²) in [5.74, 6) is -1.34. The van der Waals surface area contributed by atoms with Gasteiger partial charge in [0, 0.05) is 47.4 Å². The zero-order valence-electron chi connectivity index (χ0n) is 33.0. The molecule has 1 unspecified atom stereocenters. The maximum absolute atomic E-state index is 14.1. The van der Waals surface area contributed by atoms with Gasteiger partial charge in [0.15, 0.2) is 5.72 Å². The van der Waals surface area contributed by atoms with Gasteiger partial charge in [0.1, 0.15) is 34.7 Å². The number of amides is 2. The zero-order chi connectivity index (χ0) is 40.0. The quantitative estimate of drug-likeness (QED) is 0.0875. The number of carbonyl (C=O) groups is 4. The SMILES string of the molecule is COc1cc2cc(c1Cl)N(C)C(=O)C[C@H](OC(=O)CCCCC(=O)OCC[Si](C)(C)C)[C@]1(C)OC1[C@H](C)[C@@H]1C[C@@](O)(NC(=O)O1)[C@H](OC)/C=C/C=C(\C)C2. The highest BCUT2D eigenvalue weighted by Crippen LogP contribution is 2.49. The molecule has 2 N–H and O–H groups in total. The lowest BCUT2D eigenvalue weighted by Crippen LogP contribution is -2.63. The first-order valence-corrected chi connectivity index (χ1v) is 22.6. The normalized spacial score (nSPS) is 30.5. The third-order valence-corrected chi connectivity index (χ3v) is 12.4. The van der Waals surface area contributed by atoms with Gasteiger partial charge in [-0.15, -0.1) is 0 Å². The fraction of sp³-hybridized carbons (Fsp3) is 0.641. The number of carbonyl (C=O) groups excluding carboxylic acids is 4. The third-order valence-electron chi connectivity index (χ3n) is 10.4. The van der Waals surface area contributed by atoms with Gasteiger partial charge in [-0.25, -0.2) is 4.79 Å². The lowest BCUT2D eigenvalue weighted by atomic mass is 9.83. The standard InChI is InChI=1S/C39H57ClN2O11Si/c1-24-13-12-14-30(49-6)39(47)23-29(51-37(46)41-39)25(2)36-38(3,53-36)31(52-34(45)16-11-10-15-33(44)50-17-18-54(7,8)9)22-32(43)42(4)27-20-26(19-24)21-28(48-5)35(27)40/h12-14,20-21,25,29-31,36,47H,10-11,15-19,22-23H2,1-9H3,(H,41,46)/b14-12+,24-13+/t25-,29+,30-,31+,36?,38+,39+/m1/s1. The van der Waals surface area contributed by atoms with Gasteiger partial charge >= 0.3 is 18.0 Å². The smallest absolute Gasteiger partial charge is 0.409 e. The maximum atomic E-state index is 14.1. The highest BCUT2D eigenvalue weighted by atomic mass is 35.5. The predicted molar refractivity (Wildman–Crippen MR) is 206 cm³/mol. The van der Waals surface area contributed by atoms with Crippen LogP contribution in [0, 0.1) is 5.92 Å². The Morgan fingerprint density at radius 1 is 1.13 bits per heavy atom. The fourth-order valence-corrected chi connectivity index (χ4v) is 7.93. The number of esters is 2. The maximum Gasteiger partial charge on any atom is 0.409 e. The number of halogens is 1. The Labute approximate surface area is 324 Å². The number of nitrogens with one attached hydrogen (secondary N) is 1. The van der Waals surface area contributed by atoms with Crippen LogP contribution in [0.4, 0.5) is 10.5 Å². The molecule has 0 radical (unpaired) electrons. The number of unbranched alkanes of at least 4 members (excludes halogenated alkanes) is 1. The molecule has 3 aliphatic rings. The molecule has 2 fully saturated rings. The van der Waals surface area contributed by atoms with Gasteiger partial charge in [0.2, 0.25) is 5.91 Å². The van der Waals surface area contributed by atoms with Crippen LogP contribution in [0.1, 0.15) is 64.9 Å². The Balaban J connectivity index is 1.61. The molecule has 4 rings (SSSR count). The number of allylic oxidation sites excluding steroid dienone is 3. The number of anilines is 1.